The number of nitriles is 1. The number of hydrogen-bond donors (Lipinski definition) is 1. The van der Waals surface area contributed by atoms with E-state index in [2.05, 4.69) is 21.4 Å². The number of benzene rings is 1. The van der Waals surface area contributed by atoms with E-state index >= 15 is 0 Å². The summed E-state index contributed by atoms with van der Waals surface area (Å²) in [6.07, 6.45) is 3.35. The second-order valence-corrected chi connectivity index (χ2v) is 8.93. The zero-order valence-electron chi connectivity index (χ0n) is 15.1. The lowest BCUT2D eigenvalue weighted by molar-refractivity contribution is -0.115. The molecule has 2 heterocycles. The van der Waals surface area contributed by atoms with Crippen molar-refractivity contribution in [2.24, 2.45) is 0 Å². The molecule has 27 heavy (non-hydrogen) atoms. The van der Waals surface area contributed by atoms with Gasteiger partial charge in [0.25, 0.3) is 0 Å². The molecule has 1 amide bonds. The summed E-state index contributed by atoms with van der Waals surface area (Å²) in [6.45, 7) is 3.76. The van der Waals surface area contributed by atoms with E-state index in [1.807, 2.05) is 13.8 Å². The predicted molar refractivity (Wildman–Crippen MR) is 109 cm³/mol. The number of amides is 1. The zero-order valence-corrected chi connectivity index (χ0v) is 16.7. The molecular weight excluding hydrogens is 376 g/mol. The monoisotopic (exact) mass is 394 g/mol. The number of aryl methyl sites for hydroxylation is 3. The minimum absolute atomic E-state index is 0.140. The Morgan fingerprint density at radius 2 is 2.15 bits per heavy atom. The molecule has 0 unspecified atom stereocenters. The first-order chi connectivity index (χ1) is 13.1. The van der Waals surface area contributed by atoms with Gasteiger partial charge >= 0.3 is 0 Å². The van der Waals surface area contributed by atoms with Crippen LogP contribution >= 0.6 is 23.1 Å². The van der Waals surface area contributed by atoms with Gasteiger partial charge in [0.1, 0.15) is 21.7 Å². The van der Waals surface area contributed by atoms with Gasteiger partial charge in [0.15, 0.2) is 0 Å². The topological polar surface area (TPSA) is 78.7 Å². The molecule has 0 saturated carbocycles. The van der Waals surface area contributed by atoms with Crippen LogP contribution in [-0.2, 0) is 17.6 Å². The highest BCUT2D eigenvalue weighted by Gasteiger charge is 2.24. The molecule has 136 valence electrons. The fourth-order valence-corrected chi connectivity index (χ4v) is 5.69. The molecule has 1 atom stereocenters. The molecule has 5 nitrogen and oxygen atoms in total. The fourth-order valence-electron chi connectivity index (χ4n) is 3.29. The standard InChI is InChI=1S/C20H18N4OS2/c1-11(18(25)24-15-8-4-3-6-13(15)10-21)26-19-17-14-7-5-9-16(14)27-20(17)23-12(2)22-19/h3-4,6,8,11H,5,7,9H2,1-2H3,(H,24,25)/t11-/m1/s1. The number of thiophene rings is 1. The molecule has 2 aromatic heterocycles. The van der Waals surface area contributed by atoms with Gasteiger partial charge in [0.05, 0.1) is 16.5 Å². The Kier molecular flexibility index (Phi) is 4.85. The first-order valence-corrected chi connectivity index (χ1v) is 10.5. The Bertz CT molecular complexity index is 1080. The van der Waals surface area contributed by atoms with Gasteiger partial charge in [-0.2, -0.15) is 5.26 Å². The maximum atomic E-state index is 12.7. The van der Waals surface area contributed by atoms with Crippen molar-refractivity contribution in [1.82, 2.24) is 9.97 Å². The molecule has 1 aliphatic carbocycles. The molecule has 7 heteroatoms. The zero-order chi connectivity index (χ0) is 19.0. The summed E-state index contributed by atoms with van der Waals surface area (Å²) in [6, 6.07) is 9.13. The van der Waals surface area contributed by atoms with Crippen LogP contribution < -0.4 is 5.32 Å². The number of para-hydroxylation sites is 1. The summed E-state index contributed by atoms with van der Waals surface area (Å²) < 4.78 is 0. The van der Waals surface area contributed by atoms with E-state index in [1.165, 1.54) is 28.6 Å². The first-order valence-electron chi connectivity index (χ1n) is 8.82. The molecule has 1 N–H and O–H groups in total. The van der Waals surface area contributed by atoms with Crippen LogP contribution in [0.5, 0.6) is 0 Å². The Labute approximate surface area is 165 Å². The average molecular weight is 395 g/mol. The predicted octanol–water partition coefficient (Wildman–Crippen LogP) is 4.48. The summed E-state index contributed by atoms with van der Waals surface area (Å²) in [5.74, 6) is 0.589. The van der Waals surface area contributed by atoms with E-state index in [4.69, 9.17) is 0 Å². The smallest absolute Gasteiger partial charge is 0.237 e. The van der Waals surface area contributed by atoms with E-state index in [1.54, 1.807) is 35.6 Å². The number of fused-ring (bicyclic) bond motifs is 3. The molecule has 1 aliphatic rings. The normalized spacial score (nSPS) is 14.0. The molecule has 0 spiro atoms. The van der Waals surface area contributed by atoms with Gasteiger partial charge in [-0.3, -0.25) is 4.79 Å². The van der Waals surface area contributed by atoms with Crippen molar-refractivity contribution in [2.75, 3.05) is 5.32 Å². The van der Waals surface area contributed by atoms with Gasteiger partial charge < -0.3 is 5.32 Å². The lowest BCUT2D eigenvalue weighted by atomic mass is 10.2. The third kappa shape index (κ3) is 3.43. The van der Waals surface area contributed by atoms with Crippen molar-refractivity contribution in [3.05, 3.63) is 46.1 Å². The lowest BCUT2D eigenvalue weighted by Gasteiger charge is -2.13. The number of carbonyl (C=O) groups is 1. The van der Waals surface area contributed by atoms with Crippen molar-refractivity contribution in [2.45, 2.75) is 43.4 Å². The highest BCUT2D eigenvalue weighted by Crippen LogP contribution is 2.41. The largest absolute Gasteiger partial charge is 0.324 e. The maximum absolute atomic E-state index is 12.7. The van der Waals surface area contributed by atoms with Crippen molar-refractivity contribution in [3.63, 3.8) is 0 Å². The number of thioether (sulfide) groups is 1. The molecular formula is C20H18N4OS2. The number of rotatable bonds is 4. The number of anilines is 1. The third-order valence-corrected chi connectivity index (χ3v) is 6.88. The summed E-state index contributed by atoms with van der Waals surface area (Å²) >= 11 is 3.22. The number of aromatic nitrogens is 2. The number of carbonyl (C=O) groups excluding carboxylic acids is 1. The van der Waals surface area contributed by atoms with Crippen LogP contribution in [0.25, 0.3) is 10.2 Å². The van der Waals surface area contributed by atoms with Gasteiger partial charge in [-0.15, -0.1) is 11.3 Å². The molecule has 0 saturated heterocycles. The summed E-state index contributed by atoms with van der Waals surface area (Å²) in [5.41, 5.74) is 2.36. The van der Waals surface area contributed by atoms with Crippen LogP contribution in [0.2, 0.25) is 0 Å². The maximum Gasteiger partial charge on any atom is 0.237 e. The van der Waals surface area contributed by atoms with Gasteiger partial charge in [-0.1, -0.05) is 23.9 Å². The molecule has 4 rings (SSSR count). The Morgan fingerprint density at radius 3 is 2.96 bits per heavy atom. The minimum Gasteiger partial charge on any atom is -0.324 e. The van der Waals surface area contributed by atoms with Gasteiger partial charge in [0, 0.05) is 10.3 Å². The fraction of sp³-hybridized carbons (Fsp3) is 0.300. The molecule has 1 aromatic carbocycles. The van der Waals surface area contributed by atoms with Crippen LogP contribution in [0.3, 0.4) is 0 Å². The second-order valence-electron chi connectivity index (χ2n) is 6.52. The van der Waals surface area contributed by atoms with Gasteiger partial charge in [0.2, 0.25) is 5.91 Å². The van der Waals surface area contributed by atoms with Crippen molar-refractivity contribution < 1.29 is 4.79 Å². The second kappa shape index (κ2) is 7.29. The third-order valence-electron chi connectivity index (χ3n) is 4.61. The van der Waals surface area contributed by atoms with E-state index in [-0.39, 0.29) is 11.2 Å². The van der Waals surface area contributed by atoms with Crippen LogP contribution in [0.4, 0.5) is 5.69 Å². The SMILES string of the molecule is Cc1nc(S[C@H](C)C(=O)Nc2ccccc2C#N)c2c3c(sc2n1)CCC3. The molecule has 0 fully saturated rings. The highest BCUT2D eigenvalue weighted by atomic mass is 32.2. The first kappa shape index (κ1) is 18.0. The summed E-state index contributed by atoms with van der Waals surface area (Å²) in [4.78, 5) is 24.4. The van der Waals surface area contributed by atoms with E-state index < -0.39 is 0 Å². The van der Waals surface area contributed by atoms with Crippen molar-refractivity contribution in [3.8, 4) is 6.07 Å². The van der Waals surface area contributed by atoms with Gasteiger partial charge in [-0.25, -0.2) is 9.97 Å². The molecule has 0 bridgehead atoms. The minimum atomic E-state index is -0.341. The van der Waals surface area contributed by atoms with Crippen LogP contribution in [0, 0.1) is 18.3 Å². The Balaban J connectivity index is 1.60. The molecule has 0 aliphatic heterocycles. The Hall–Kier alpha value is -2.43. The summed E-state index contributed by atoms with van der Waals surface area (Å²) in [7, 11) is 0. The van der Waals surface area contributed by atoms with E-state index in [0.29, 0.717) is 11.3 Å². The number of hydrogen-bond acceptors (Lipinski definition) is 6. The summed E-state index contributed by atoms with van der Waals surface area (Å²) in [5, 5.41) is 13.7. The average Bonchev–Trinajstić information content (AvgIpc) is 3.22. The number of nitrogens with zero attached hydrogens (tertiary/aromatic N) is 3. The quantitative estimate of drug-likeness (QED) is 0.521. The van der Waals surface area contributed by atoms with Crippen LogP contribution in [0.15, 0.2) is 29.3 Å². The van der Waals surface area contributed by atoms with Crippen molar-refractivity contribution >= 4 is 44.9 Å². The van der Waals surface area contributed by atoms with Crippen LogP contribution in [-0.4, -0.2) is 21.1 Å². The van der Waals surface area contributed by atoms with Crippen LogP contribution in [0.1, 0.15) is 35.2 Å². The van der Waals surface area contributed by atoms with Crippen molar-refractivity contribution in [1.29, 1.82) is 5.26 Å². The van der Waals surface area contributed by atoms with Gasteiger partial charge in [-0.05, 0) is 50.8 Å². The Morgan fingerprint density at radius 1 is 1.33 bits per heavy atom. The molecule has 3 aromatic rings. The van der Waals surface area contributed by atoms with E-state index in [9.17, 15) is 10.1 Å². The number of nitrogens with one attached hydrogen (secondary N) is 1. The molecule has 0 radical (unpaired) electrons. The highest BCUT2D eigenvalue weighted by molar-refractivity contribution is 8.00. The van der Waals surface area contributed by atoms with E-state index in [0.717, 1.165) is 33.9 Å². The lowest BCUT2D eigenvalue weighted by Crippen LogP contribution is -2.23.